The number of carbonyl (C=O) groups excluding carboxylic acids is 1. The second-order valence-electron chi connectivity index (χ2n) is 6.67. The molecule has 0 aromatic heterocycles. The third kappa shape index (κ3) is 6.25. The molecule has 1 saturated carbocycles. The van der Waals surface area contributed by atoms with Crippen molar-refractivity contribution in [2.24, 2.45) is 23.5 Å². The van der Waals surface area contributed by atoms with Gasteiger partial charge < -0.3 is 10.5 Å². The molecule has 0 spiro atoms. The lowest BCUT2D eigenvalue weighted by Crippen LogP contribution is -2.26. The number of esters is 1. The van der Waals surface area contributed by atoms with Gasteiger partial charge in [-0.3, -0.25) is 4.79 Å². The van der Waals surface area contributed by atoms with Crippen molar-refractivity contribution in [3.63, 3.8) is 0 Å². The van der Waals surface area contributed by atoms with Gasteiger partial charge in [0.25, 0.3) is 0 Å². The second-order valence-corrected chi connectivity index (χ2v) is 6.67. The van der Waals surface area contributed by atoms with Gasteiger partial charge in [-0.1, -0.05) is 33.6 Å². The summed E-state index contributed by atoms with van der Waals surface area (Å²) in [4.78, 5) is 12.0. The summed E-state index contributed by atoms with van der Waals surface area (Å²) < 4.78 is 5.66. The zero-order valence-corrected chi connectivity index (χ0v) is 13.6. The summed E-state index contributed by atoms with van der Waals surface area (Å²) in [5.74, 6) is 1.88. The van der Waals surface area contributed by atoms with Crippen LogP contribution in [-0.2, 0) is 9.53 Å². The molecule has 1 rings (SSSR count). The molecule has 118 valence electrons. The van der Waals surface area contributed by atoms with E-state index < -0.39 is 0 Å². The molecule has 0 heterocycles. The predicted octanol–water partition coefficient (Wildman–Crippen LogP) is 3.90. The highest BCUT2D eigenvalue weighted by Crippen LogP contribution is 2.29. The van der Waals surface area contributed by atoms with Gasteiger partial charge in [-0.2, -0.15) is 0 Å². The van der Waals surface area contributed by atoms with E-state index in [4.69, 9.17) is 10.5 Å². The van der Waals surface area contributed by atoms with Crippen molar-refractivity contribution in [3.8, 4) is 0 Å². The van der Waals surface area contributed by atoms with Crippen molar-refractivity contribution in [3.05, 3.63) is 0 Å². The van der Waals surface area contributed by atoms with Crippen molar-refractivity contribution in [1.82, 2.24) is 0 Å². The highest BCUT2D eigenvalue weighted by atomic mass is 16.5. The van der Waals surface area contributed by atoms with Crippen LogP contribution in [0.2, 0.25) is 0 Å². The van der Waals surface area contributed by atoms with E-state index >= 15 is 0 Å². The van der Waals surface area contributed by atoms with Crippen LogP contribution < -0.4 is 5.73 Å². The molecule has 0 aliphatic heterocycles. The molecule has 1 aliphatic carbocycles. The number of hydrogen-bond acceptors (Lipinski definition) is 3. The Balaban J connectivity index is 2.28. The first-order valence-corrected chi connectivity index (χ1v) is 8.46. The molecule has 2 N–H and O–H groups in total. The Morgan fingerprint density at radius 2 is 2.05 bits per heavy atom. The lowest BCUT2D eigenvalue weighted by Gasteiger charge is -2.28. The Morgan fingerprint density at radius 3 is 2.65 bits per heavy atom. The molecule has 1 aliphatic rings. The van der Waals surface area contributed by atoms with Gasteiger partial charge in [0.05, 0.1) is 0 Å². The van der Waals surface area contributed by atoms with E-state index in [9.17, 15) is 4.79 Å². The molecule has 1 fully saturated rings. The number of hydrogen-bond donors (Lipinski definition) is 1. The largest absolute Gasteiger partial charge is 0.462 e. The third-order valence-corrected chi connectivity index (χ3v) is 4.81. The average Bonchev–Trinajstić information content (AvgIpc) is 2.43. The minimum absolute atomic E-state index is 0.00516. The lowest BCUT2D eigenvalue weighted by atomic mass is 9.85. The highest BCUT2D eigenvalue weighted by Gasteiger charge is 2.24. The summed E-state index contributed by atoms with van der Waals surface area (Å²) in [7, 11) is 0. The van der Waals surface area contributed by atoms with E-state index in [0.29, 0.717) is 24.8 Å². The van der Waals surface area contributed by atoms with Gasteiger partial charge in [0.15, 0.2) is 0 Å². The summed E-state index contributed by atoms with van der Waals surface area (Å²) in [6, 6.07) is 0. The van der Waals surface area contributed by atoms with Crippen molar-refractivity contribution >= 4 is 5.97 Å². The molecule has 3 unspecified atom stereocenters. The first-order valence-electron chi connectivity index (χ1n) is 8.46. The predicted molar refractivity (Wildman–Crippen MR) is 83.4 cm³/mol. The Kier molecular flexibility index (Phi) is 8.20. The first-order chi connectivity index (χ1) is 9.56. The molecular weight excluding hydrogens is 250 g/mol. The molecule has 0 amide bonds. The highest BCUT2D eigenvalue weighted by molar-refractivity contribution is 5.69. The van der Waals surface area contributed by atoms with E-state index in [2.05, 4.69) is 20.8 Å². The van der Waals surface area contributed by atoms with E-state index in [1.165, 1.54) is 19.3 Å². The van der Waals surface area contributed by atoms with Crippen LogP contribution in [0.25, 0.3) is 0 Å². The Morgan fingerprint density at radius 1 is 1.30 bits per heavy atom. The molecular formula is C17H33NO2. The number of nitrogens with two attached hydrogens (primary N) is 1. The minimum Gasteiger partial charge on any atom is -0.462 e. The van der Waals surface area contributed by atoms with E-state index in [0.717, 1.165) is 31.6 Å². The van der Waals surface area contributed by atoms with Crippen molar-refractivity contribution in [2.75, 3.05) is 6.54 Å². The Hall–Kier alpha value is -0.570. The maximum absolute atomic E-state index is 12.0. The summed E-state index contributed by atoms with van der Waals surface area (Å²) in [6.45, 7) is 7.35. The van der Waals surface area contributed by atoms with Gasteiger partial charge in [0.1, 0.15) is 6.10 Å². The smallest absolute Gasteiger partial charge is 0.306 e. The van der Waals surface area contributed by atoms with Crippen molar-refractivity contribution < 1.29 is 9.53 Å². The van der Waals surface area contributed by atoms with Crippen LogP contribution in [0.1, 0.15) is 72.1 Å². The van der Waals surface area contributed by atoms with E-state index in [1.807, 2.05) is 0 Å². The van der Waals surface area contributed by atoms with Crippen LogP contribution >= 0.6 is 0 Å². The molecule has 0 radical (unpaired) electrons. The zero-order valence-electron chi connectivity index (χ0n) is 13.6. The van der Waals surface area contributed by atoms with Crippen molar-refractivity contribution in [2.45, 2.75) is 78.2 Å². The van der Waals surface area contributed by atoms with Crippen LogP contribution in [0.15, 0.2) is 0 Å². The standard InChI is InChI=1S/C17H33NO2/c1-4-14-6-5-7-16(12-14)20-17(19)9-8-15(10-11-18)13(2)3/h13-16H,4-12,18H2,1-3H3. The van der Waals surface area contributed by atoms with Gasteiger partial charge in [-0.15, -0.1) is 0 Å². The summed E-state index contributed by atoms with van der Waals surface area (Å²) >= 11 is 0. The van der Waals surface area contributed by atoms with Crippen LogP contribution in [0, 0.1) is 17.8 Å². The number of carbonyl (C=O) groups is 1. The summed E-state index contributed by atoms with van der Waals surface area (Å²) in [6.07, 6.45) is 8.49. The van der Waals surface area contributed by atoms with Crippen LogP contribution in [0.3, 0.4) is 0 Å². The summed E-state index contributed by atoms with van der Waals surface area (Å²) in [5.41, 5.74) is 5.64. The monoisotopic (exact) mass is 283 g/mol. The fourth-order valence-electron chi connectivity index (χ4n) is 3.29. The van der Waals surface area contributed by atoms with Crippen molar-refractivity contribution in [1.29, 1.82) is 0 Å². The lowest BCUT2D eigenvalue weighted by molar-refractivity contribution is -0.151. The van der Waals surface area contributed by atoms with Gasteiger partial charge >= 0.3 is 5.97 Å². The van der Waals surface area contributed by atoms with Crippen LogP contribution in [0.4, 0.5) is 0 Å². The maximum Gasteiger partial charge on any atom is 0.306 e. The Bertz CT molecular complexity index is 278. The maximum atomic E-state index is 12.0. The average molecular weight is 283 g/mol. The Labute approximate surface area is 124 Å². The van der Waals surface area contributed by atoms with Crippen LogP contribution in [-0.4, -0.2) is 18.6 Å². The molecule has 3 heteroatoms. The molecule has 0 aromatic carbocycles. The van der Waals surface area contributed by atoms with Gasteiger partial charge in [-0.05, 0) is 56.4 Å². The topological polar surface area (TPSA) is 52.3 Å². The molecule has 0 aromatic rings. The van der Waals surface area contributed by atoms with E-state index in [-0.39, 0.29) is 12.1 Å². The minimum atomic E-state index is -0.00516. The zero-order chi connectivity index (χ0) is 15.0. The normalized spacial score (nSPS) is 24.6. The molecule has 0 saturated heterocycles. The third-order valence-electron chi connectivity index (χ3n) is 4.81. The quantitative estimate of drug-likeness (QED) is 0.687. The fraction of sp³-hybridized carbons (Fsp3) is 0.941. The fourth-order valence-corrected chi connectivity index (χ4v) is 3.29. The molecule has 20 heavy (non-hydrogen) atoms. The molecule has 3 nitrogen and oxygen atoms in total. The first kappa shape index (κ1) is 17.5. The number of ether oxygens (including phenoxy) is 1. The SMILES string of the molecule is CCC1CCCC(OC(=O)CCC(CCN)C(C)C)C1. The van der Waals surface area contributed by atoms with Crippen LogP contribution in [0.5, 0.6) is 0 Å². The molecule has 3 atom stereocenters. The van der Waals surface area contributed by atoms with Gasteiger partial charge in [0.2, 0.25) is 0 Å². The van der Waals surface area contributed by atoms with E-state index in [1.54, 1.807) is 0 Å². The van der Waals surface area contributed by atoms with Gasteiger partial charge in [-0.25, -0.2) is 0 Å². The molecule has 0 bridgehead atoms. The summed E-state index contributed by atoms with van der Waals surface area (Å²) in [5, 5.41) is 0. The second kappa shape index (κ2) is 9.38. The number of rotatable bonds is 8. The van der Waals surface area contributed by atoms with Gasteiger partial charge in [0, 0.05) is 6.42 Å².